The van der Waals surface area contributed by atoms with Crippen LogP contribution in [0.4, 0.5) is 0 Å². The van der Waals surface area contributed by atoms with Crippen LogP contribution in [0, 0.1) is 0 Å². The summed E-state index contributed by atoms with van der Waals surface area (Å²) in [5.74, 6) is 0. The Morgan fingerprint density at radius 2 is 1.55 bits per heavy atom. The topological polar surface area (TPSA) is 18.5 Å². The second-order valence-corrected chi connectivity index (χ2v) is 2.84. The van der Waals surface area contributed by atoms with E-state index in [0.717, 1.165) is 19.6 Å². The van der Waals surface area contributed by atoms with Crippen molar-refractivity contribution in [1.29, 1.82) is 0 Å². The van der Waals surface area contributed by atoms with Crippen molar-refractivity contribution >= 4 is 0 Å². The normalized spacial score (nSPS) is 35.3. The predicted molar refractivity (Wildman–Crippen MR) is 42.4 cm³/mol. The zero-order chi connectivity index (χ0) is 7.52. The van der Waals surface area contributed by atoms with E-state index in [1.54, 1.807) is 0 Å². The van der Waals surface area contributed by atoms with E-state index in [-0.39, 0.29) is 12.2 Å². The molecule has 60 valence electrons. The van der Waals surface area contributed by atoms with E-state index >= 15 is 0 Å². The highest BCUT2D eigenvalue weighted by molar-refractivity contribution is 5.02. The summed E-state index contributed by atoms with van der Waals surface area (Å²) in [5, 5.41) is 0. The number of hydrogen-bond acceptors (Lipinski definition) is 2. The molecule has 0 aromatic carbocycles. The molecule has 0 radical (unpaired) electrons. The Balaban J connectivity index is 1.80. The average Bonchev–Trinajstić information content (AvgIpc) is 2.60. The highest BCUT2D eigenvalue weighted by atomic mass is 16.5. The fourth-order valence-electron chi connectivity index (χ4n) is 1.41. The van der Waals surface area contributed by atoms with Crippen molar-refractivity contribution in [1.82, 2.24) is 0 Å². The van der Waals surface area contributed by atoms with E-state index in [1.807, 2.05) is 0 Å². The third-order valence-electron chi connectivity index (χ3n) is 1.98. The molecule has 0 unspecified atom stereocenters. The van der Waals surface area contributed by atoms with Gasteiger partial charge in [0.2, 0.25) is 0 Å². The number of ether oxygens (including phenoxy) is 2. The van der Waals surface area contributed by atoms with Gasteiger partial charge in [0, 0.05) is 6.42 Å². The van der Waals surface area contributed by atoms with Crippen molar-refractivity contribution in [3.63, 3.8) is 0 Å². The van der Waals surface area contributed by atoms with Crippen LogP contribution in [0.15, 0.2) is 24.3 Å². The van der Waals surface area contributed by atoms with E-state index in [1.165, 1.54) is 0 Å². The molecule has 0 aliphatic carbocycles. The third kappa shape index (κ3) is 1.70. The third-order valence-corrected chi connectivity index (χ3v) is 1.98. The second kappa shape index (κ2) is 3.20. The Bertz CT molecular complexity index is 164. The molecule has 2 heteroatoms. The maximum absolute atomic E-state index is 5.39. The van der Waals surface area contributed by atoms with Crippen molar-refractivity contribution in [2.24, 2.45) is 0 Å². The van der Waals surface area contributed by atoms with Crippen molar-refractivity contribution in [3.05, 3.63) is 24.3 Å². The minimum atomic E-state index is 0.280. The Labute approximate surface area is 66.5 Å². The van der Waals surface area contributed by atoms with Crippen LogP contribution in [0.5, 0.6) is 0 Å². The summed E-state index contributed by atoms with van der Waals surface area (Å²) in [4.78, 5) is 0. The van der Waals surface area contributed by atoms with E-state index in [4.69, 9.17) is 9.47 Å². The molecule has 2 rings (SSSR count). The average molecular weight is 152 g/mol. The minimum absolute atomic E-state index is 0.280. The van der Waals surface area contributed by atoms with Gasteiger partial charge in [-0.3, -0.25) is 0 Å². The lowest BCUT2D eigenvalue weighted by Crippen LogP contribution is -2.15. The summed E-state index contributed by atoms with van der Waals surface area (Å²) in [6.07, 6.45) is 9.86. The quantitative estimate of drug-likeness (QED) is 0.555. The molecule has 2 atom stereocenters. The molecule has 2 heterocycles. The molecular formula is C9H12O2. The Morgan fingerprint density at radius 1 is 1.00 bits per heavy atom. The molecule has 0 amide bonds. The standard InChI is InChI=1S/C9H12O2/c1-3-8(10-5-1)7-9-4-2-6-11-9/h1-4,8-9H,5-7H2/t8-,9-/m1/s1. The molecule has 0 saturated carbocycles. The first-order chi connectivity index (χ1) is 5.45. The van der Waals surface area contributed by atoms with Crippen LogP contribution in [-0.2, 0) is 9.47 Å². The molecular weight excluding hydrogens is 140 g/mol. The fraction of sp³-hybridized carbons (Fsp3) is 0.556. The van der Waals surface area contributed by atoms with Gasteiger partial charge in [0.05, 0.1) is 25.4 Å². The lowest BCUT2D eigenvalue weighted by molar-refractivity contribution is 0.0574. The first-order valence-corrected chi connectivity index (χ1v) is 4.02. The first-order valence-electron chi connectivity index (χ1n) is 4.02. The van der Waals surface area contributed by atoms with Gasteiger partial charge in [0.1, 0.15) is 0 Å². The molecule has 0 N–H and O–H groups in total. The van der Waals surface area contributed by atoms with Gasteiger partial charge in [-0.1, -0.05) is 24.3 Å². The first kappa shape index (κ1) is 7.07. The molecule has 2 aliphatic heterocycles. The zero-order valence-corrected chi connectivity index (χ0v) is 6.40. The molecule has 0 aromatic heterocycles. The molecule has 2 aliphatic rings. The van der Waals surface area contributed by atoms with Crippen LogP contribution in [0.2, 0.25) is 0 Å². The fourth-order valence-corrected chi connectivity index (χ4v) is 1.41. The largest absolute Gasteiger partial charge is 0.370 e. The molecule has 0 saturated heterocycles. The van der Waals surface area contributed by atoms with E-state index in [0.29, 0.717) is 0 Å². The van der Waals surface area contributed by atoms with E-state index in [2.05, 4.69) is 24.3 Å². The van der Waals surface area contributed by atoms with Crippen LogP contribution in [0.1, 0.15) is 6.42 Å². The summed E-state index contributed by atoms with van der Waals surface area (Å²) in [6.45, 7) is 1.53. The second-order valence-electron chi connectivity index (χ2n) is 2.84. The minimum Gasteiger partial charge on any atom is -0.370 e. The van der Waals surface area contributed by atoms with Crippen LogP contribution in [0.3, 0.4) is 0 Å². The summed E-state index contributed by atoms with van der Waals surface area (Å²) >= 11 is 0. The maximum atomic E-state index is 5.39. The van der Waals surface area contributed by atoms with Crippen molar-refractivity contribution in [2.45, 2.75) is 18.6 Å². The van der Waals surface area contributed by atoms with Gasteiger partial charge >= 0.3 is 0 Å². The summed E-state index contributed by atoms with van der Waals surface area (Å²) in [7, 11) is 0. The lowest BCUT2D eigenvalue weighted by Gasteiger charge is -2.12. The summed E-state index contributed by atoms with van der Waals surface area (Å²) in [5.41, 5.74) is 0. The Morgan fingerprint density at radius 3 is 1.91 bits per heavy atom. The van der Waals surface area contributed by atoms with Gasteiger partial charge in [-0.15, -0.1) is 0 Å². The maximum Gasteiger partial charge on any atom is 0.0788 e. The van der Waals surface area contributed by atoms with Gasteiger partial charge in [-0.2, -0.15) is 0 Å². The Kier molecular flexibility index (Phi) is 2.06. The highest BCUT2D eigenvalue weighted by Crippen LogP contribution is 2.15. The summed E-state index contributed by atoms with van der Waals surface area (Å²) in [6, 6.07) is 0. The van der Waals surface area contributed by atoms with Crippen molar-refractivity contribution in [3.8, 4) is 0 Å². The zero-order valence-electron chi connectivity index (χ0n) is 6.40. The molecule has 0 spiro atoms. The van der Waals surface area contributed by atoms with Gasteiger partial charge in [0.15, 0.2) is 0 Å². The summed E-state index contributed by atoms with van der Waals surface area (Å²) < 4.78 is 10.8. The lowest BCUT2D eigenvalue weighted by atomic mass is 10.1. The molecule has 0 fully saturated rings. The predicted octanol–water partition coefficient (Wildman–Crippen LogP) is 1.29. The van der Waals surface area contributed by atoms with Gasteiger partial charge in [-0.25, -0.2) is 0 Å². The molecule has 2 nitrogen and oxygen atoms in total. The van der Waals surface area contributed by atoms with Gasteiger partial charge < -0.3 is 9.47 Å². The van der Waals surface area contributed by atoms with Gasteiger partial charge in [-0.05, 0) is 0 Å². The van der Waals surface area contributed by atoms with E-state index < -0.39 is 0 Å². The van der Waals surface area contributed by atoms with Crippen molar-refractivity contribution < 1.29 is 9.47 Å². The Hall–Kier alpha value is -0.600. The van der Waals surface area contributed by atoms with Crippen LogP contribution in [-0.4, -0.2) is 25.4 Å². The number of rotatable bonds is 2. The van der Waals surface area contributed by atoms with Crippen molar-refractivity contribution in [2.75, 3.05) is 13.2 Å². The SMILES string of the molecule is C1=C[C@H](C[C@H]2C=CCO2)OC1. The number of hydrogen-bond donors (Lipinski definition) is 0. The monoisotopic (exact) mass is 152 g/mol. The molecule has 0 bridgehead atoms. The van der Waals surface area contributed by atoms with Crippen LogP contribution >= 0.6 is 0 Å². The molecule has 0 aromatic rings. The van der Waals surface area contributed by atoms with Crippen LogP contribution in [0.25, 0.3) is 0 Å². The van der Waals surface area contributed by atoms with E-state index in [9.17, 15) is 0 Å². The van der Waals surface area contributed by atoms with Crippen LogP contribution < -0.4 is 0 Å². The molecule has 11 heavy (non-hydrogen) atoms. The highest BCUT2D eigenvalue weighted by Gasteiger charge is 2.17. The smallest absolute Gasteiger partial charge is 0.0788 e. The van der Waals surface area contributed by atoms with Gasteiger partial charge in [0.25, 0.3) is 0 Å².